The number of benzene rings is 1. The van der Waals surface area contributed by atoms with Gasteiger partial charge in [-0.05, 0) is 38.3 Å². The van der Waals surface area contributed by atoms with Gasteiger partial charge in [0.05, 0.1) is 15.2 Å². The third-order valence-corrected chi connectivity index (χ3v) is 6.99. The third-order valence-electron chi connectivity index (χ3n) is 4.29. The number of Topliss-reactive ketones (excluding diaryl/α,β-unsaturated/α-hetero) is 1. The van der Waals surface area contributed by atoms with Crippen molar-refractivity contribution in [1.82, 2.24) is 0 Å². The van der Waals surface area contributed by atoms with Crippen LogP contribution in [-0.2, 0) is 14.6 Å². The molecule has 0 aromatic heterocycles. The monoisotopic (exact) mass is 409 g/mol. The largest absolute Gasteiger partial charge is 0.481 e. The lowest BCUT2D eigenvalue weighted by molar-refractivity contribution is -0.189. The Kier molecular flexibility index (Phi) is 5.88. The summed E-state index contributed by atoms with van der Waals surface area (Å²) in [4.78, 5) is 11.2. The van der Waals surface area contributed by atoms with E-state index in [0.29, 0.717) is 0 Å². The van der Waals surface area contributed by atoms with E-state index in [1.807, 2.05) is 0 Å². The van der Waals surface area contributed by atoms with Crippen molar-refractivity contribution in [3.05, 3.63) is 23.2 Å². The zero-order valence-corrected chi connectivity index (χ0v) is 15.2. The summed E-state index contributed by atoms with van der Waals surface area (Å²) in [5.74, 6) is -1.49. The van der Waals surface area contributed by atoms with E-state index in [1.165, 1.54) is 6.07 Å². The van der Waals surface area contributed by atoms with Crippen molar-refractivity contribution < 1.29 is 31.1 Å². The Morgan fingerprint density at radius 1 is 1.38 bits per heavy atom. The number of sulfone groups is 1. The van der Waals surface area contributed by atoms with Crippen LogP contribution in [0.5, 0.6) is 5.75 Å². The molecule has 1 aliphatic carbocycles. The van der Waals surface area contributed by atoms with Crippen molar-refractivity contribution >= 4 is 27.2 Å². The van der Waals surface area contributed by atoms with Crippen LogP contribution in [0.15, 0.2) is 23.1 Å². The molecule has 1 saturated carbocycles. The predicted molar refractivity (Wildman–Crippen MR) is 86.5 cm³/mol. The maximum atomic E-state index is 12.7. The Hall–Kier alpha value is -1.79. The van der Waals surface area contributed by atoms with Gasteiger partial charge in [0.15, 0.2) is 15.9 Å². The number of ether oxygens (including phenoxy) is 1. The normalized spacial score (nSPS) is 21.8. The van der Waals surface area contributed by atoms with Gasteiger partial charge in [-0.15, -0.1) is 0 Å². The molecule has 26 heavy (non-hydrogen) atoms. The number of carbonyl (C=O) groups excluding carboxylic acids is 1. The number of hydrogen-bond donors (Lipinski definition) is 0. The van der Waals surface area contributed by atoms with Crippen molar-refractivity contribution in [1.29, 1.82) is 5.26 Å². The Balaban J connectivity index is 2.21. The zero-order valence-electron chi connectivity index (χ0n) is 13.6. The number of alkyl halides is 3. The molecule has 0 amide bonds. The first kappa shape index (κ1) is 20.5. The molecule has 1 fully saturated rings. The van der Waals surface area contributed by atoms with Crippen LogP contribution in [0.1, 0.15) is 26.2 Å². The fourth-order valence-electron chi connectivity index (χ4n) is 2.79. The van der Waals surface area contributed by atoms with Gasteiger partial charge in [-0.25, -0.2) is 8.42 Å². The summed E-state index contributed by atoms with van der Waals surface area (Å²) in [5.41, 5.74) is 0. The highest BCUT2D eigenvalue weighted by molar-refractivity contribution is 7.92. The SMILES string of the molecule is CC(Oc1ccc(S(=O)(=O)[C@H]2CC[C@H](C(=O)C#N)C2)c(Cl)c1)C(F)(F)F. The summed E-state index contributed by atoms with van der Waals surface area (Å²) >= 11 is 5.96. The van der Waals surface area contributed by atoms with Gasteiger partial charge in [-0.2, -0.15) is 18.4 Å². The quantitative estimate of drug-likeness (QED) is 0.692. The molecule has 1 unspecified atom stereocenters. The van der Waals surface area contributed by atoms with Crippen molar-refractivity contribution in [2.24, 2.45) is 5.92 Å². The highest BCUT2D eigenvalue weighted by Gasteiger charge is 2.40. The second-order valence-corrected chi connectivity index (χ2v) is 8.65. The zero-order chi connectivity index (χ0) is 19.7. The molecule has 3 atom stereocenters. The van der Waals surface area contributed by atoms with Gasteiger partial charge in [-0.3, -0.25) is 4.79 Å². The lowest BCUT2D eigenvalue weighted by atomic mass is 10.0. The van der Waals surface area contributed by atoms with Crippen molar-refractivity contribution in [3.8, 4) is 11.8 Å². The molecule has 2 rings (SSSR count). The summed E-state index contributed by atoms with van der Waals surface area (Å²) in [7, 11) is -3.89. The fourth-order valence-corrected chi connectivity index (χ4v) is 5.16. The van der Waals surface area contributed by atoms with Gasteiger partial charge in [0.25, 0.3) is 0 Å². The van der Waals surface area contributed by atoms with Crippen LogP contribution >= 0.6 is 11.6 Å². The Morgan fingerprint density at radius 3 is 2.58 bits per heavy atom. The molecule has 1 aromatic carbocycles. The molecule has 5 nitrogen and oxygen atoms in total. The summed E-state index contributed by atoms with van der Waals surface area (Å²) in [6.07, 6.45) is -6.12. The number of ketones is 1. The van der Waals surface area contributed by atoms with Crippen LogP contribution in [0.4, 0.5) is 13.2 Å². The van der Waals surface area contributed by atoms with E-state index >= 15 is 0 Å². The Bertz CT molecular complexity index is 848. The van der Waals surface area contributed by atoms with E-state index in [9.17, 15) is 26.4 Å². The summed E-state index contributed by atoms with van der Waals surface area (Å²) in [6, 6.07) is 4.71. The minimum atomic E-state index is -4.57. The number of hydrogen-bond acceptors (Lipinski definition) is 5. The number of halogens is 4. The van der Waals surface area contributed by atoms with E-state index < -0.39 is 39.1 Å². The minimum absolute atomic E-state index is 0.0222. The number of nitrogens with zero attached hydrogens (tertiary/aromatic N) is 1. The maximum absolute atomic E-state index is 12.7. The molecule has 1 aromatic rings. The van der Waals surface area contributed by atoms with E-state index in [-0.39, 0.29) is 34.9 Å². The predicted octanol–water partition coefficient (Wildman–Crippen LogP) is 3.70. The van der Waals surface area contributed by atoms with E-state index in [1.54, 1.807) is 0 Å². The first-order valence-corrected chi connectivity index (χ1v) is 9.60. The molecule has 0 N–H and O–H groups in total. The van der Waals surface area contributed by atoms with Crippen LogP contribution in [0.2, 0.25) is 5.02 Å². The lowest BCUT2D eigenvalue weighted by Crippen LogP contribution is -2.31. The first-order chi connectivity index (χ1) is 12.0. The Labute approximate surface area is 153 Å². The minimum Gasteiger partial charge on any atom is -0.481 e. The number of nitriles is 1. The second kappa shape index (κ2) is 7.45. The van der Waals surface area contributed by atoms with Gasteiger partial charge in [0.2, 0.25) is 5.78 Å². The molecule has 0 spiro atoms. The highest BCUT2D eigenvalue weighted by Crippen LogP contribution is 2.37. The van der Waals surface area contributed by atoms with Gasteiger partial charge >= 0.3 is 6.18 Å². The highest BCUT2D eigenvalue weighted by atomic mass is 35.5. The van der Waals surface area contributed by atoms with E-state index in [4.69, 9.17) is 21.6 Å². The summed E-state index contributed by atoms with van der Waals surface area (Å²) < 4.78 is 67.7. The summed E-state index contributed by atoms with van der Waals surface area (Å²) in [6.45, 7) is 0.823. The maximum Gasteiger partial charge on any atom is 0.425 e. The van der Waals surface area contributed by atoms with Crippen molar-refractivity contribution in [3.63, 3.8) is 0 Å². The molecule has 142 valence electrons. The molecule has 0 radical (unpaired) electrons. The van der Waals surface area contributed by atoms with Crippen molar-refractivity contribution in [2.45, 2.75) is 48.6 Å². The van der Waals surface area contributed by atoms with Crippen LogP contribution < -0.4 is 4.74 Å². The molecule has 10 heteroatoms. The van der Waals surface area contributed by atoms with Gasteiger partial charge in [-0.1, -0.05) is 11.6 Å². The van der Waals surface area contributed by atoms with Crippen LogP contribution in [0, 0.1) is 17.2 Å². The molecule has 0 saturated heterocycles. The van der Waals surface area contributed by atoms with Gasteiger partial charge < -0.3 is 4.74 Å². The molecule has 0 bridgehead atoms. The molecule has 1 aliphatic rings. The van der Waals surface area contributed by atoms with E-state index in [0.717, 1.165) is 25.1 Å². The van der Waals surface area contributed by atoms with Crippen molar-refractivity contribution in [2.75, 3.05) is 0 Å². The van der Waals surface area contributed by atoms with Crippen LogP contribution in [0.25, 0.3) is 0 Å². The second-order valence-electron chi connectivity index (χ2n) is 6.05. The van der Waals surface area contributed by atoms with Crippen LogP contribution in [-0.4, -0.2) is 31.7 Å². The first-order valence-electron chi connectivity index (χ1n) is 7.67. The molecule has 0 aliphatic heterocycles. The topological polar surface area (TPSA) is 84.2 Å². The van der Waals surface area contributed by atoms with Gasteiger partial charge in [0.1, 0.15) is 11.8 Å². The average molecular weight is 410 g/mol. The standard InChI is InChI=1S/C16H15ClF3NO4S/c1-9(16(18,19)20)25-11-3-5-15(13(17)7-11)26(23,24)12-4-2-10(6-12)14(22)8-21/h3,5,7,9-10,12H,2,4,6H2,1H3/t9?,10-,12-/m0/s1. The fraction of sp³-hybridized carbons (Fsp3) is 0.500. The smallest absolute Gasteiger partial charge is 0.425 e. The average Bonchev–Trinajstić information content (AvgIpc) is 3.03. The molecule has 0 heterocycles. The van der Waals surface area contributed by atoms with Crippen LogP contribution in [0.3, 0.4) is 0 Å². The summed E-state index contributed by atoms with van der Waals surface area (Å²) in [5, 5.41) is 7.51. The Morgan fingerprint density at radius 2 is 2.04 bits per heavy atom. The lowest BCUT2D eigenvalue weighted by Gasteiger charge is -2.19. The van der Waals surface area contributed by atoms with Gasteiger partial charge in [0, 0.05) is 12.0 Å². The molecular weight excluding hydrogens is 395 g/mol. The third kappa shape index (κ3) is 4.30. The van der Waals surface area contributed by atoms with E-state index in [2.05, 4.69) is 0 Å². The number of carbonyl (C=O) groups is 1. The molecular formula is C16H15ClF3NO4S. The number of rotatable bonds is 5.